The Morgan fingerprint density at radius 1 is 1.47 bits per heavy atom. The first kappa shape index (κ1) is 14.8. The first-order chi connectivity index (χ1) is 8.63. The van der Waals surface area contributed by atoms with Gasteiger partial charge in [0, 0.05) is 16.7 Å². The molecule has 106 valence electrons. The lowest BCUT2D eigenvalue weighted by molar-refractivity contribution is 0.537. The van der Waals surface area contributed by atoms with Crippen molar-refractivity contribution < 1.29 is 8.42 Å². The topological polar surface area (TPSA) is 72.2 Å². The number of hydrogen-bond donors (Lipinski definition) is 2. The average Bonchev–Trinajstić information content (AvgIpc) is 2.89. The number of nitrogens with one attached hydrogen (secondary N) is 1. The maximum absolute atomic E-state index is 12.3. The summed E-state index contributed by atoms with van der Waals surface area (Å²) < 4.78 is 28.0. The summed E-state index contributed by atoms with van der Waals surface area (Å²) in [7, 11) is -3.49. The molecule has 0 aromatic heterocycles. The Bertz CT molecular complexity index is 611. The molecule has 0 heterocycles. The van der Waals surface area contributed by atoms with Crippen molar-refractivity contribution in [1.82, 2.24) is 4.72 Å². The van der Waals surface area contributed by atoms with E-state index in [-0.39, 0.29) is 10.3 Å². The fourth-order valence-corrected chi connectivity index (χ4v) is 3.97. The second-order valence-electron chi connectivity index (χ2n) is 5.88. The van der Waals surface area contributed by atoms with Crippen molar-refractivity contribution in [3.8, 4) is 0 Å². The van der Waals surface area contributed by atoms with Gasteiger partial charge >= 0.3 is 0 Å². The van der Waals surface area contributed by atoms with E-state index in [9.17, 15) is 8.42 Å². The Morgan fingerprint density at radius 3 is 2.58 bits per heavy atom. The number of halogens is 1. The number of sulfonamides is 1. The van der Waals surface area contributed by atoms with Gasteiger partial charge in [0.15, 0.2) is 0 Å². The molecule has 0 saturated heterocycles. The number of rotatable bonds is 4. The van der Waals surface area contributed by atoms with Crippen molar-refractivity contribution in [2.24, 2.45) is 11.3 Å². The van der Waals surface area contributed by atoms with E-state index in [4.69, 9.17) is 5.73 Å². The average molecular weight is 347 g/mol. The summed E-state index contributed by atoms with van der Waals surface area (Å²) in [5.74, 6) is 0.426. The molecule has 1 fully saturated rings. The second kappa shape index (κ2) is 4.75. The smallest absolute Gasteiger partial charge is 0.240 e. The Labute approximate surface area is 122 Å². The molecule has 0 bridgehead atoms. The summed E-state index contributed by atoms with van der Waals surface area (Å²) in [5, 5.41) is 0. The van der Waals surface area contributed by atoms with Gasteiger partial charge in [0.25, 0.3) is 0 Å². The molecular formula is C13H19BrN2O2S. The molecule has 1 saturated carbocycles. The van der Waals surface area contributed by atoms with Crippen LogP contribution in [0.15, 0.2) is 21.5 Å². The number of benzene rings is 1. The molecule has 1 aromatic carbocycles. The molecule has 1 aromatic rings. The maximum atomic E-state index is 12.3. The summed E-state index contributed by atoms with van der Waals surface area (Å²) in [5.41, 5.74) is 7.13. The van der Waals surface area contributed by atoms with Gasteiger partial charge in [-0.1, -0.05) is 13.8 Å². The van der Waals surface area contributed by atoms with Crippen molar-refractivity contribution in [2.75, 3.05) is 12.3 Å². The van der Waals surface area contributed by atoms with Crippen molar-refractivity contribution in [1.29, 1.82) is 0 Å². The molecule has 1 aliphatic rings. The van der Waals surface area contributed by atoms with Crippen LogP contribution < -0.4 is 10.5 Å². The molecular weight excluding hydrogens is 328 g/mol. The van der Waals surface area contributed by atoms with E-state index in [1.54, 1.807) is 13.0 Å². The first-order valence-electron chi connectivity index (χ1n) is 6.19. The molecule has 3 N–H and O–H groups in total. The Morgan fingerprint density at radius 2 is 2.05 bits per heavy atom. The van der Waals surface area contributed by atoms with Crippen LogP contribution in [-0.2, 0) is 10.0 Å². The number of nitrogen functional groups attached to an aromatic ring is 1. The highest BCUT2D eigenvalue weighted by molar-refractivity contribution is 9.10. The number of nitrogens with two attached hydrogens (primary N) is 1. The van der Waals surface area contributed by atoms with Crippen LogP contribution in [0.25, 0.3) is 0 Å². The van der Waals surface area contributed by atoms with Crippen LogP contribution in [-0.4, -0.2) is 15.0 Å². The number of aryl methyl sites for hydroxylation is 1. The highest BCUT2D eigenvalue weighted by Crippen LogP contribution is 2.51. The lowest BCUT2D eigenvalue weighted by Crippen LogP contribution is -2.27. The molecule has 19 heavy (non-hydrogen) atoms. The highest BCUT2D eigenvalue weighted by atomic mass is 79.9. The Hall–Kier alpha value is -0.590. The fourth-order valence-electron chi connectivity index (χ4n) is 2.17. The third-order valence-corrected chi connectivity index (χ3v) is 6.07. The normalized spacial score (nSPS) is 21.4. The van der Waals surface area contributed by atoms with Gasteiger partial charge in [0.2, 0.25) is 10.0 Å². The standard InChI is InChI=1S/C13H19BrN2O2S/c1-8-4-10(14)11(15)5-12(8)19(17,18)16-7-9-6-13(9,2)3/h4-5,9,16H,6-7,15H2,1-3H3. The highest BCUT2D eigenvalue weighted by Gasteiger charge is 2.45. The van der Waals surface area contributed by atoms with E-state index in [1.165, 1.54) is 6.07 Å². The minimum atomic E-state index is -3.49. The molecule has 0 spiro atoms. The van der Waals surface area contributed by atoms with E-state index in [0.717, 1.165) is 6.42 Å². The Kier molecular flexibility index (Phi) is 3.70. The third-order valence-electron chi connectivity index (χ3n) is 3.82. The predicted molar refractivity (Wildman–Crippen MR) is 80.4 cm³/mol. The van der Waals surface area contributed by atoms with Crippen molar-refractivity contribution >= 4 is 31.6 Å². The molecule has 0 radical (unpaired) electrons. The van der Waals surface area contributed by atoms with E-state index in [0.29, 0.717) is 28.2 Å². The van der Waals surface area contributed by atoms with E-state index in [1.807, 2.05) is 0 Å². The lowest BCUT2D eigenvalue weighted by atomic mass is 10.1. The van der Waals surface area contributed by atoms with Crippen molar-refractivity contribution in [3.63, 3.8) is 0 Å². The van der Waals surface area contributed by atoms with Gasteiger partial charge in [0.05, 0.1) is 4.90 Å². The predicted octanol–water partition coefficient (Wildman–Crippen LogP) is 2.66. The van der Waals surface area contributed by atoms with E-state index >= 15 is 0 Å². The first-order valence-corrected chi connectivity index (χ1v) is 8.46. The third kappa shape index (κ3) is 3.12. The Balaban J connectivity index is 2.18. The zero-order valence-corrected chi connectivity index (χ0v) is 13.7. The zero-order chi connectivity index (χ0) is 14.4. The van der Waals surface area contributed by atoms with Crippen molar-refractivity contribution in [2.45, 2.75) is 32.1 Å². The quantitative estimate of drug-likeness (QED) is 0.823. The van der Waals surface area contributed by atoms with Crippen LogP contribution in [0.3, 0.4) is 0 Å². The second-order valence-corrected chi connectivity index (χ2v) is 8.47. The largest absolute Gasteiger partial charge is 0.398 e. The SMILES string of the molecule is Cc1cc(Br)c(N)cc1S(=O)(=O)NCC1CC1(C)C. The molecule has 6 heteroatoms. The maximum Gasteiger partial charge on any atom is 0.240 e. The summed E-state index contributed by atoms with van der Waals surface area (Å²) in [4.78, 5) is 0.256. The molecule has 1 unspecified atom stereocenters. The molecule has 1 atom stereocenters. The van der Waals surface area contributed by atoms with Gasteiger partial charge in [-0.05, 0) is 58.3 Å². The zero-order valence-electron chi connectivity index (χ0n) is 11.3. The molecule has 0 amide bonds. The van der Waals surface area contributed by atoms with Gasteiger partial charge in [-0.25, -0.2) is 13.1 Å². The van der Waals surface area contributed by atoms with Gasteiger partial charge in [-0.2, -0.15) is 0 Å². The monoisotopic (exact) mass is 346 g/mol. The van der Waals surface area contributed by atoms with E-state index < -0.39 is 10.0 Å². The fraction of sp³-hybridized carbons (Fsp3) is 0.538. The molecule has 1 aliphatic carbocycles. The summed E-state index contributed by atoms with van der Waals surface area (Å²) in [6, 6.07) is 3.23. The van der Waals surface area contributed by atoms with Gasteiger partial charge < -0.3 is 5.73 Å². The summed E-state index contributed by atoms with van der Waals surface area (Å²) >= 11 is 3.29. The van der Waals surface area contributed by atoms with Crippen LogP contribution in [0.5, 0.6) is 0 Å². The summed E-state index contributed by atoms with van der Waals surface area (Å²) in [6.07, 6.45) is 1.07. The lowest BCUT2D eigenvalue weighted by Gasteiger charge is -2.11. The van der Waals surface area contributed by atoms with Crippen LogP contribution in [0.1, 0.15) is 25.8 Å². The van der Waals surface area contributed by atoms with Crippen molar-refractivity contribution in [3.05, 3.63) is 22.2 Å². The summed E-state index contributed by atoms with van der Waals surface area (Å²) in [6.45, 7) is 6.55. The molecule has 4 nitrogen and oxygen atoms in total. The van der Waals surface area contributed by atoms with Crippen LogP contribution in [0.2, 0.25) is 0 Å². The van der Waals surface area contributed by atoms with Crippen LogP contribution in [0.4, 0.5) is 5.69 Å². The minimum Gasteiger partial charge on any atom is -0.398 e. The van der Waals surface area contributed by atoms with Crippen LogP contribution >= 0.6 is 15.9 Å². The van der Waals surface area contributed by atoms with Gasteiger partial charge in [-0.15, -0.1) is 0 Å². The minimum absolute atomic E-state index is 0.256. The van der Waals surface area contributed by atoms with Crippen LogP contribution in [0, 0.1) is 18.3 Å². The number of anilines is 1. The van der Waals surface area contributed by atoms with Gasteiger partial charge in [-0.3, -0.25) is 0 Å². The molecule has 2 rings (SSSR count). The number of hydrogen-bond acceptors (Lipinski definition) is 3. The van der Waals surface area contributed by atoms with E-state index in [2.05, 4.69) is 34.5 Å². The molecule has 0 aliphatic heterocycles. The van der Waals surface area contributed by atoms with Gasteiger partial charge in [0.1, 0.15) is 0 Å².